The molecule has 0 spiro atoms. The summed E-state index contributed by atoms with van der Waals surface area (Å²) in [5.41, 5.74) is 4.48. The van der Waals surface area contributed by atoms with Gasteiger partial charge < -0.3 is 9.47 Å². The molecule has 0 saturated heterocycles. The molecule has 3 aromatic carbocycles. The number of ether oxygens (including phenoxy) is 2. The lowest BCUT2D eigenvalue weighted by Gasteiger charge is -2.13. The lowest BCUT2D eigenvalue weighted by Crippen LogP contribution is -2.17. The van der Waals surface area contributed by atoms with E-state index in [-0.39, 0.29) is 18.2 Å². The van der Waals surface area contributed by atoms with Crippen LogP contribution in [0.1, 0.15) is 21.5 Å². The first-order valence-electron chi connectivity index (χ1n) is 9.20. The molecule has 164 valence electrons. The molecule has 32 heavy (non-hydrogen) atoms. The van der Waals surface area contributed by atoms with Gasteiger partial charge in [-0.15, -0.1) is 0 Å². The maximum atomic E-state index is 12.2. The second kappa shape index (κ2) is 11.0. The van der Waals surface area contributed by atoms with E-state index in [1.165, 1.54) is 25.5 Å². The maximum Gasteiger partial charge on any atom is 0.271 e. The Balaban J connectivity index is 1.68. The Kier molecular flexibility index (Phi) is 8.17. The van der Waals surface area contributed by atoms with Gasteiger partial charge in [0.1, 0.15) is 6.61 Å². The molecule has 0 aliphatic rings. The van der Waals surface area contributed by atoms with Gasteiger partial charge in [0.2, 0.25) is 0 Å². The molecule has 0 aliphatic heterocycles. The Labute approximate surface area is 206 Å². The van der Waals surface area contributed by atoms with E-state index in [1.807, 2.05) is 6.07 Å². The zero-order valence-electron chi connectivity index (χ0n) is 16.7. The van der Waals surface area contributed by atoms with Crippen LogP contribution in [0.2, 0.25) is 0 Å². The monoisotopic (exact) mass is 609 g/mol. The molecular formula is C22H17BrIN3O5. The molecule has 0 aromatic heterocycles. The number of nitrogens with zero attached hydrogens (tertiary/aromatic N) is 2. The zero-order valence-corrected chi connectivity index (χ0v) is 20.5. The lowest BCUT2D eigenvalue weighted by molar-refractivity contribution is -0.384. The summed E-state index contributed by atoms with van der Waals surface area (Å²) in [6, 6.07) is 16.8. The normalized spacial score (nSPS) is 10.7. The summed E-state index contributed by atoms with van der Waals surface area (Å²) in [7, 11) is 1.51. The average molecular weight is 610 g/mol. The number of nitro groups is 1. The largest absolute Gasteiger partial charge is 0.493 e. The van der Waals surface area contributed by atoms with Crippen LogP contribution in [-0.4, -0.2) is 24.2 Å². The van der Waals surface area contributed by atoms with Gasteiger partial charge in [0.25, 0.3) is 11.6 Å². The van der Waals surface area contributed by atoms with Gasteiger partial charge in [-0.1, -0.05) is 6.07 Å². The van der Waals surface area contributed by atoms with Crippen LogP contribution < -0.4 is 14.9 Å². The molecule has 8 nitrogen and oxygen atoms in total. The van der Waals surface area contributed by atoms with Gasteiger partial charge in [-0.25, -0.2) is 5.43 Å². The van der Waals surface area contributed by atoms with Crippen LogP contribution in [0.3, 0.4) is 0 Å². The van der Waals surface area contributed by atoms with E-state index >= 15 is 0 Å². The smallest absolute Gasteiger partial charge is 0.271 e. The van der Waals surface area contributed by atoms with Crippen LogP contribution >= 0.6 is 38.5 Å². The van der Waals surface area contributed by atoms with Crippen molar-refractivity contribution < 1.29 is 19.2 Å². The number of carbonyl (C=O) groups is 1. The fourth-order valence-electron chi connectivity index (χ4n) is 2.68. The summed E-state index contributed by atoms with van der Waals surface area (Å²) in [6.07, 6.45) is 1.50. The minimum atomic E-state index is -0.451. The number of nitro benzene ring substituents is 1. The molecule has 3 rings (SSSR count). The summed E-state index contributed by atoms with van der Waals surface area (Å²) in [5.74, 6) is 0.631. The van der Waals surface area contributed by atoms with Crippen LogP contribution in [0.5, 0.6) is 11.5 Å². The number of halogens is 2. The molecule has 1 amide bonds. The Hall–Kier alpha value is -2.99. The summed E-state index contributed by atoms with van der Waals surface area (Å²) < 4.78 is 12.9. The van der Waals surface area contributed by atoms with E-state index in [2.05, 4.69) is 49.0 Å². The quantitative estimate of drug-likeness (QED) is 0.161. The number of benzene rings is 3. The van der Waals surface area contributed by atoms with Crippen molar-refractivity contribution in [3.63, 3.8) is 0 Å². The number of hydrogen-bond donors (Lipinski definition) is 1. The van der Waals surface area contributed by atoms with Crippen molar-refractivity contribution in [3.8, 4) is 11.5 Å². The molecule has 0 radical (unpaired) electrons. The molecule has 0 aliphatic carbocycles. The van der Waals surface area contributed by atoms with Gasteiger partial charge in [0, 0.05) is 21.3 Å². The molecule has 0 unspecified atom stereocenters. The second-order valence-corrected chi connectivity index (χ2v) is 8.56. The summed E-state index contributed by atoms with van der Waals surface area (Å²) >= 11 is 5.60. The number of carbonyl (C=O) groups excluding carboxylic acids is 1. The predicted octanol–water partition coefficient (Wildman–Crippen LogP) is 5.31. The van der Waals surface area contributed by atoms with Crippen LogP contribution in [0.25, 0.3) is 0 Å². The van der Waals surface area contributed by atoms with Gasteiger partial charge in [-0.3, -0.25) is 14.9 Å². The molecule has 1 N–H and O–H groups in total. The van der Waals surface area contributed by atoms with Gasteiger partial charge in [0.05, 0.1) is 22.7 Å². The molecule has 0 atom stereocenters. The van der Waals surface area contributed by atoms with Crippen LogP contribution in [-0.2, 0) is 6.61 Å². The first-order valence-corrected chi connectivity index (χ1v) is 11.1. The zero-order chi connectivity index (χ0) is 23.1. The highest BCUT2D eigenvalue weighted by Crippen LogP contribution is 2.37. The molecular weight excluding hydrogens is 593 g/mol. The number of amides is 1. The Bertz CT molecular complexity index is 1170. The van der Waals surface area contributed by atoms with Crippen LogP contribution in [0.4, 0.5) is 5.69 Å². The molecule has 3 aromatic rings. The highest BCUT2D eigenvalue weighted by atomic mass is 127. The second-order valence-electron chi connectivity index (χ2n) is 6.46. The van der Waals surface area contributed by atoms with E-state index in [0.717, 1.165) is 9.13 Å². The van der Waals surface area contributed by atoms with Crippen molar-refractivity contribution >= 4 is 56.3 Å². The third-order valence-electron chi connectivity index (χ3n) is 4.25. The van der Waals surface area contributed by atoms with E-state index in [4.69, 9.17) is 9.47 Å². The van der Waals surface area contributed by atoms with Gasteiger partial charge >= 0.3 is 0 Å². The first-order chi connectivity index (χ1) is 15.4. The maximum absolute atomic E-state index is 12.2. The molecule has 0 fully saturated rings. The lowest BCUT2D eigenvalue weighted by atomic mass is 10.2. The minimum absolute atomic E-state index is 0.0187. The third-order valence-corrected chi connectivity index (χ3v) is 5.51. The standard InChI is InChI=1S/C22H17BrIN3O5/c1-31-20-10-15(12-25-26-22(28)16-3-2-4-17(24)11-16)9-19(23)21(20)32-13-14-5-7-18(8-6-14)27(29)30/h2-12H,13H2,1H3,(H,26,28)/b25-12-. The first kappa shape index (κ1) is 23.7. The molecule has 10 heteroatoms. The molecule has 0 bridgehead atoms. The number of methoxy groups -OCH3 is 1. The Morgan fingerprint density at radius 1 is 1.22 bits per heavy atom. The van der Waals surface area contributed by atoms with E-state index in [0.29, 0.717) is 27.1 Å². The van der Waals surface area contributed by atoms with Crippen molar-refractivity contribution in [1.82, 2.24) is 5.43 Å². The summed E-state index contributed by atoms with van der Waals surface area (Å²) in [5, 5.41) is 14.8. The van der Waals surface area contributed by atoms with Crippen molar-refractivity contribution in [2.75, 3.05) is 7.11 Å². The average Bonchev–Trinajstić information content (AvgIpc) is 2.78. The number of non-ortho nitro benzene ring substituents is 1. The van der Waals surface area contributed by atoms with Crippen molar-refractivity contribution in [1.29, 1.82) is 0 Å². The number of hydrazone groups is 1. The van der Waals surface area contributed by atoms with E-state index < -0.39 is 4.92 Å². The van der Waals surface area contributed by atoms with E-state index in [9.17, 15) is 14.9 Å². The topological polar surface area (TPSA) is 103 Å². The minimum Gasteiger partial charge on any atom is -0.493 e. The number of rotatable bonds is 8. The van der Waals surface area contributed by atoms with Crippen molar-refractivity contribution in [2.45, 2.75) is 6.61 Å². The predicted molar refractivity (Wildman–Crippen MR) is 132 cm³/mol. The fourth-order valence-corrected chi connectivity index (χ4v) is 3.80. The number of nitrogens with one attached hydrogen (secondary N) is 1. The fraction of sp³-hybridized carbons (Fsp3) is 0.0909. The van der Waals surface area contributed by atoms with Crippen molar-refractivity contribution in [3.05, 3.63) is 95.5 Å². The highest BCUT2D eigenvalue weighted by Gasteiger charge is 2.12. The molecule has 0 heterocycles. The van der Waals surface area contributed by atoms with Gasteiger partial charge in [0.15, 0.2) is 11.5 Å². The Morgan fingerprint density at radius 2 is 1.97 bits per heavy atom. The summed E-state index contributed by atoms with van der Waals surface area (Å²) in [6.45, 7) is 0.201. The van der Waals surface area contributed by atoms with Crippen LogP contribution in [0, 0.1) is 13.7 Å². The van der Waals surface area contributed by atoms with Crippen molar-refractivity contribution in [2.24, 2.45) is 5.10 Å². The highest BCUT2D eigenvalue weighted by molar-refractivity contribution is 14.1. The van der Waals surface area contributed by atoms with Gasteiger partial charge in [-0.2, -0.15) is 5.10 Å². The number of hydrogen-bond acceptors (Lipinski definition) is 6. The van der Waals surface area contributed by atoms with Gasteiger partial charge in [-0.05, 0) is 92.1 Å². The Morgan fingerprint density at radius 3 is 2.62 bits per heavy atom. The van der Waals surface area contributed by atoms with E-state index in [1.54, 1.807) is 42.5 Å². The molecule has 0 saturated carbocycles. The summed E-state index contributed by atoms with van der Waals surface area (Å²) in [4.78, 5) is 22.5. The third kappa shape index (κ3) is 6.26. The SMILES string of the molecule is COc1cc(/C=N\NC(=O)c2cccc(I)c2)cc(Br)c1OCc1ccc([N+](=O)[O-])cc1. The van der Waals surface area contributed by atoms with Crippen LogP contribution in [0.15, 0.2) is 70.2 Å².